The lowest BCUT2D eigenvalue weighted by molar-refractivity contribution is -0.130. The molecule has 2 aliphatic rings. The number of benzene rings is 4. The average molecular weight is 1020 g/mol. The van der Waals surface area contributed by atoms with E-state index in [0.29, 0.717) is 0 Å². The van der Waals surface area contributed by atoms with Crippen molar-refractivity contribution in [1.29, 1.82) is 0 Å². The topological polar surface area (TPSA) is 113 Å². The summed E-state index contributed by atoms with van der Waals surface area (Å²) in [6.07, 6.45) is 4.85. The maximum absolute atomic E-state index is 11.7. The number of allylic oxidation sites excluding steroid dienone is 1. The molecule has 398 valence electrons. The standard InChI is InChI=1S/C24H30O2Si.C20H22O2Si.C12H22O3.C4H10.3CH4/c1-6-18(2)23(25)19(3)22-17-24(4,5)26-27(22,20-13-9-7-10-14-20)21-15-11-8-12-16-21;1-16(15-21)19-14-20(2,3)22-23(19,17-10-6-4-7-11-17)18-12-8-5-9-13-18;1-6-8(2)11(14)9(3)10(13)7-12(4,5)15;1-4(2)3;;;/h6-16,18,23,25H,1,17H2,2-5H3;4-13,15H,14H2,1-3H3;6,8-9,11,14-15H,1,7H2,2-5H3;4H,1-3H3;3*1H4/b22-19-;19-16-;;;;;/t18-,23-;;8-,9?,11-;;;;/m0.0..../s1. The van der Waals surface area contributed by atoms with Crippen molar-refractivity contribution in [3.05, 3.63) is 168 Å². The fourth-order valence-corrected chi connectivity index (χ4v) is 19.0. The Morgan fingerprint density at radius 3 is 1.22 bits per heavy atom. The van der Waals surface area contributed by atoms with Crippen LogP contribution in [0.3, 0.4) is 0 Å². The van der Waals surface area contributed by atoms with E-state index in [0.717, 1.165) is 36.2 Å². The molecule has 4 aromatic carbocycles. The van der Waals surface area contributed by atoms with Gasteiger partial charge in [0.1, 0.15) is 12.1 Å². The first-order chi connectivity index (χ1) is 32.2. The number of aliphatic hydroxyl groups is 3. The molecule has 2 saturated heterocycles. The van der Waals surface area contributed by atoms with Crippen molar-refractivity contribution in [2.75, 3.05) is 0 Å². The minimum atomic E-state index is -2.65. The van der Waals surface area contributed by atoms with E-state index in [4.69, 9.17) is 8.85 Å². The minimum Gasteiger partial charge on any atom is -0.399 e. The van der Waals surface area contributed by atoms with Crippen LogP contribution in [0.1, 0.15) is 138 Å². The highest BCUT2D eigenvalue weighted by molar-refractivity contribution is 7.04. The number of Topliss-reactive ketones (excluding diaryl/α,β-unsaturated/α-hetero) is 1. The Hall–Kier alpha value is -4.59. The molecule has 2 aliphatic heterocycles. The summed E-state index contributed by atoms with van der Waals surface area (Å²) < 4.78 is 13.7. The minimum absolute atomic E-state index is 0. The largest absolute Gasteiger partial charge is 0.399 e. The van der Waals surface area contributed by atoms with Gasteiger partial charge >= 0.3 is 0 Å². The van der Waals surface area contributed by atoms with E-state index in [2.05, 4.69) is 166 Å². The molecule has 6 rings (SSSR count). The number of carbonyl (C=O) groups excluding carboxylic acids is 2. The second-order valence-electron chi connectivity index (χ2n) is 21.4. The van der Waals surface area contributed by atoms with Crippen molar-refractivity contribution in [3.8, 4) is 0 Å². The summed E-state index contributed by atoms with van der Waals surface area (Å²) in [5.41, 5.74) is 0.299. The molecule has 0 amide bonds. The Balaban J connectivity index is 0.00000103. The highest BCUT2D eigenvalue weighted by atomic mass is 28.4. The van der Waals surface area contributed by atoms with Crippen molar-refractivity contribution in [3.63, 3.8) is 0 Å². The van der Waals surface area contributed by atoms with E-state index >= 15 is 0 Å². The second kappa shape index (κ2) is 29.3. The molecule has 3 N–H and O–H groups in total. The highest BCUT2D eigenvalue weighted by Gasteiger charge is 2.55. The molecule has 5 atom stereocenters. The molecule has 0 aromatic heterocycles. The Morgan fingerprint density at radius 2 is 0.931 bits per heavy atom. The van der Waals surface area contributed by atoms with E-state index < -0.39 is 40.4 Å². The zero-order chi connectivity index (χ0) is 52.0. The van der Waals surface area contributed by atoms with Crippen molar-refractivity contribution in [2.24, 2.45) is 23.7 Å². The quantitative estimate of drug-likeness (QED) is 0.0499. The molecule has 72 heavy (non-hydrogen) atoms. The molecule has 0 radical (unpaired) electrons. The van der Waals surface area contributed by atoms with Crippen molar-refractivity contribution < 1.29 is 33.8 Å². The van der Waals surface area contributed by atoms with Gasteiger partial charge in [-0.15, -0.1) is 13.2 Å². The predicted octanol–water partition coefficient (Wildman–Crippen LogP) is 12.1. The molecular formula is C63H96O7Si2. The SMILES string of the molecule is C.C.C.C/C(C=O)=C1\CC(C)(C)O[Si]1(c1ccccc1)c1ccccc1.C=C[C@H](C)[C@H](O)/C(C)=C1/CC(C)(C)O[Si]1(c1ccccc1)c1ccccc1.C=C[C@H](C)[C@H](O)C(C)C(=O)CC(C)(C)O.CC(C)C. The molecule has 0 aliphatic carbocycles. The number of rotatable bonds is 14. The lowest BCUT2D eigenvalue weighted by Gasteiger charge is -2.33. The third-order valence-electron chi connectivity index (χ3n) is 12.6. The number of ketones is 1. The van der Waals surface area contributed by atoms with E-state index in [9.17, 15) is 24.9 Å². The summed E-state index contributed by atoms with van der Waals surface area (Å²) in [6, 6.07) is 41.9. The van der Waals surface area contributed by atoms with Crippen LogP contribution in [-0.2, 0) is 18.4 Å². The van der Waals surface area contributed by atoms with Crippen LogP contribution >= 0.6 is 0 Å². The number of aldehydes is 1. The van der Waals surface area contributed by atoms with Crippen molar-refractivity contribution in [1.82, 2.24) is 0 Å². The van der Waals surface area contributed by atoms with Gasteiger partial charge < -0.3 is 24.2 Å². The molecule has 7 nitrogen and oxygen atoms in total. The lowest BCUT2D eigenvalue weighted by Crippen LogP contribution is -2.61. The van der Waals surface area contributed by atoms with Crippen LogP contribution in [0.5, 0.6) is 0 Å². The summed E-state index contributed by atoms with van der Waals surface area (Å²) in [7, 11) is -5.23. The van der Waals surface area contributed by atoms with Gasteiger partial charge in [-0.25, -0.2) is 0 Å². The Morgan fingerprint density at radius 1 is 0.625 bits per heavy atom. The van der Waals surface area contributed by atoms with Gasteiger partial charge in [0, 0.05) is 24.2 Å². The number of hydrogen-bond donors (Lipinski definition) is 3. The Labute approximate surface area is 440 Å². The van der Waals surface area contributed by atoms with Gasteiger partial charge in [0.15, 0.2) is 0 Å². The van der Waals surface area contributed by atoms with E-state index in [1.54, 1.807) is 26.8 Å². The fourth-order valence-electron chi connectivity index (χ4n) is 9.06. The summed E-state index contributed by atoms with van der Waals surface area (Å²) >= 11 is 0. The van der Waals surface area contributed by atoms with Gasteiger partial charge in [-0.1, -0.05) is 197 Å². The predicted molar refractivity (Wildman–Crippen MR) is 313 cm³/mol. The van der Waals surface area contributed by atoms with Gasteiger partial charge in [0.25, 0.3) is 16.6 Å². The summed E-state index contributed by atoms with van der Waals surface area (Å²) in [5.74, 6) is 0.123. The van der Waals surface area contributed by atoms with Crippen molar-refractivity contribution >= 4 is 49.5 Å². The first kappa shape index (κ1) is 67.4. The smallest absolute Gasteiger partial charge is 0.285 e. The first-order valence-corrected chi connectivity index (χ1v) is 28.4. The van der Waals surface area contributed by atoms with E-state index in [1.807, 2.05) is 51.1 Å². The molecule has 9 heteroatoms. The monoisotopic (exact) mass is 1020 g/mol. The number of hydrogen-bond acceptors (Lipinski definition) is 7. The van der Waals surface area contributed by atoms with Gasteiger partial charge in [0.05, 0.1) is 29.0 Å². The summed E-state index contributed by atoms with van der Waals surface area (Å²) in [4.78, 5) is 23.2. The van der Waals surface area contributed by atoms with Crippen LogP contribution < -0.4 is 20.7 Å². The van der Waals surface area contributed by atoms with Crippen LogP contribution in [0.25, 0.3) is 0 Å². The average Bonchev–Trinajstić information content (AvgIpc) is 3.80. The zero-order valence-corrected chi connectivity index (χ0v) is 46.3. The van der Waals surface area contributed by atoms with Gasteiger partial charge in [-0.05, 0) is 116 Å². The lowest BCUT2D eigenvalue weighted by atomic mass is 9.86. The van der Waals surface area contributed by atoms with Crippen LogP contribution in [-0.4, -0.2) is 73.0 Å². The molecule has 2 fully saturated rings. The third kappa shape index (κ3) is 17.5. The molecule has 4 aromatic rings. The molecular weight excluding hydrogens is 925 g/mol. The van der Waals surface area contributed by atoms with Crippen molar-refractivity contribution in [2.45, 2.75) is 167 Å². The molecule has 0 bridgehead atoms. The molecule has 0 spiro atoms. The Bertz CT molecular complexity index is 2230. The maximum atomic E-state index is 11.7. The van der Waals surface area contributed by atoms with Gasteiger partial charge in [-0.2, -0.15) is 0 Å². The summed E-state index contributed by atoms with van der Waals surface area (Å²) in [5, 5.41) is 37.6. The van der Waals surface area contributed by atoms with Crippen LogP contribution in [0.4, 0.5) is 0 Å². The second-order valence-corrected chi connectivity index (χ2v) is 28.1. The van der Waals surface area contributed by atoms with E-state index in [-0.39, 0.29) is 57.5 Å². The van der Waals surface area contributed by atoms with Crippen LogP contribution in [0, 0.1) is 23.7 Å². The van der Waals surface area contributed by atoms with Crippen LogP contribution in [0.2, 0.25) is 0 Å². The van der Waals surface area contributed by atoms with Gasteiger partial charge in [0.2, 0.25) is 0 Å². The third-order valence-corrected chi connectivity index (χ3v) is 21.8. The molecule has 1 unspecified atom stereocenters. The molecule has 0 saturated carbocycles. The van der Waals surface area contributed by atoms with Crippen LogP contribution in [0.15, 0.2) is 168 Å². The maximum Gasteiger partial charge on any atom is 0.285 e. The number of aliphatic hydroxyl groups excluding tert-OH is 2. The Kier molecular flexibility index (Phi) is 27.5. The highest BCUT2D eigenvalue weighted by Crippen LogP contribution is 2.42. The molecule has 2 heterocycles. The summed E-state index contributed by atoms with van der Waals surface area (Å²) in [6.45, 7) is 35.1. The number of carbonyl (C=O) groups is 2. The van der Waals surface area contributed by atoms with Gasteiger partial charge in [-0.3, -0.25) is 9.59 Å². The normalized spacial score (nSPS) is 19.2. The van der Waals surface area contributed by atoms with E-state index in [1.165, 1.54) is 31.1 Å². The fraction of sp³-hybridized carbons (Fsp3) is 0.460. The first-order valence-electron chi connectivity index (χ1n) is 24.6. The zero-order valence-electron chi connectivity index (χ0n) is 44.3.